The highest BCUT2D eigenvalue weighted by Crippen LogP contribution is 2.12. The molecule has 0 aliphatic carbocycles. The van der Waals surface area contributed by atoms with Crippen LogP contribution in [0.5, 0.6) is 5.75 Å². The Labute approximate surface area is 150 Å². The van der Waals surface area contributed by atoms with E-state index in [1.54, 1.807) is 12.3 Å². The monoisotopic (exact) mass is 356 g/mol. The van der Waals surface area contributed by atoms with Crippen LogP contribution >= 0.6 is 0 Å². The molecule has 0 saturated carbocycles. The lowest BCUT2D eigenvalue weighted by molar-refractivity contribution is 0.332. The second kappa shape index (κ2) is 8.75. The zero-order valence-electron chi connectivity index (χ0n) is 14.0. The van der Waals surface area contributed by atoms with Gasteiger partial charge < -0.3 is 15.4 Å². The van der Waals surface area contributed by atoms with E-state index in [0.717, 1.165) is 17.9 Å². The lowest BCUT2D eigenvalue weighted by Crippen LogP contribution is -2.14. The molecule has 0 saturated heterocycles. The summed E-state index contributed by atoms with van der Waals surface area (Å²) in [6, 6.07) is 15.0. The first-order valence-electron chi connectivity index (χ1n) is 8.13. The predicted octanol–water partition coefficient (Wildman–Crippen LogP) is 3.86. The number of rotatable bonds is 8. The maximum atomic E-state index is 13.2. The summed E-state index contributed by atoms with van der Waals surface area (Å²) >= 11 is 0. The first-order valence-corrected chi connectivity index (χ1v) is 8.13. The Hall–Kier alpha value is -3.22. The van der Waals surface area contributed by atoms with E-state index in [1.165, 1.54) is 6.07 Å². The number of para-hydroxylation sites is 1. The fourth-order valence-electron chi connectivity index (χ4n) is 2.23. The molecule has 2 N–H and O–H groups in total. The van der Waals surface area contributed by atoms with E-state index in [1.807, 2.05) is 30.3 Å². The van der Waals surface area contributed by atoms with Gasteiger partial charge in [-0.1, -0.05) is 24.3 Å². The predicted molar refractivity (Wildman–Crippen MR) is 96.1 cm³/mol. The van der Waals surface area contributed by atoms with Crippen molar-refractivity contribution in [3.05, 3.63) is 78.0 Å². The summed E-state index contributed by atoms with van der Waals surface area (Å²) in [4.78, 5) is 8.45. The SMILES string of the molecule is Fc1ccc(CNc2ccnc(NCCOc3ccccc3)n2)cc1F. The maximum Gasteiger partial charge on any atom is 0.224 e. The average molecular weight is 356 g/mol. The molecular weight excluding hydrogens is 338 g/mol. The molecule has 0 bridgehead atoms. The third-order valence-electron chi connectivity index (χ3n) is 3.51. The molecular formula is C19H18F2N4O. The van der Waals surface area contributed by atoms with Gasteiger partial charge in [0.1, 0.15) is 18.2 Å². The molecule has 3 aromatic rings. The van der Waals surface area contributed by atoms with Crippen LogP contribution in [0.4, 0.5) is 20.5 Å². The van der Waals surface area contributed by atoms with Gasteiger partial charge in [0.15, 0.2) is 11.6 Å². The molecule has 0 unspecified atom stereocenters. The molecule has 1 heterocycles. The third-order valence-corrected chi connectivity index (χ3v) is 3.51. The lowest BCUT2D eigenvalue weighted by atomic mass is 10.2. The van der Waals surface area contributed by atoms with Crippen molar-refractivity contribution in [2.24, 2.45) is 0 Å². The summed E-state index contributed by atoms with van der Waals surface area (Å²) in [6.45, 7) is 1.34. The van der Waals surface area contributed by atoms with Crippen LogP contribution in [-0.4, -0.2) is 23.1 Å². The minimum Gasteiger partial charge on any atom is -0.492 e. The zero-order chi connectivity index (χ0) is 18.2. The fourth-order valence-corrected chi connectivity index (χ4v) is 2.23. The average Bonchev–Trinajstić information content (AvgIpc) is 2.67. The van der Waals surface area contributed by atoms with Gasteiger partial charge in [-0.2, -0.15) is 4.98 Å². The van der Waals surface area contributed by atoms with Gasteiger partial charge in [-0.15, -0.1) is 0 Å². The smallest absolute Gasteiger partial charge is 0.224 e. The molecule has 26 heavy (non-hydrogen) atoms. The van der Waals surface area contributed by atoms with Crippen molar-refractivity contribution in [3.8, 4) is 5.75 Å². The molecule has 1 aromatic heterocycles. The largest absolute Gasteiger partial charge is 0.492 e. The normalized spacial score (nSPS) is 10.4. The first kappa shape index (κ1) is 17.6. The second-order valence-corrected chi connectivity index (χ2v) is 5.46. The van der Waals surface area contributed by atoms with Crippen LogP contribution in [0.15, 0.2) is 60.8 Å². The second-order valence-electron chi connectivity index (χ2n) is 5.46. The number of anilines is 2. The van der Waals surface area contributed by atoms with Crippen LogP contribution in [0.2, 0.25) is 0 Å². The van der Waals surface area contributed by atoms with Gasteiger partial charge in [-0.05, 0) is 35.9 Å². The van der Waals surface area contributed by atoms with Crippen molar-refractivity contribution in [2.75, 3.05) is 23.8 Å². The summed E-state index contributed by atoms with van der Waals surface area (Å²) in [5, 5.41) is 6.13. The Morgan fingerprint density at radius 1 is 0.923 bits per heavy atom. The topological polar surface area (TPSA) is 59.1 Å². The molecule has 0 fully saturated rings. The van der Waals surface area contributed by atoms with Crippen LogP contribution < -0.4 is 15.4 Å². The first-order chi connectivity index (χ1) is 12.7. The highest BCUT2D eigenvalue weighted by Gasteiger charge is 2.03. The molecule has 0 atom stereocenters. The Morgan fingerprint density at radius 2 is 1.77 bits per heavy atom. The van der Waals surface area contributed by atoms with Crippen molar-refractivity contribution in [3.63, 3.8) is 0 Å². The number of hydrogen-bond donors (Lipinski definition) is 2. The molecule has 0 aliphatic heterocycles. The van der Waals surface area contributed by atoms with E-state index in [2.05, 4.69) is 20.6 Å². The number of nitrogens with zero attached hydrogens (tertiary/aromatic N) is 2. The molecule has 0 amide bonds. The summed E-state index contributed by atoms with van der Waals surface area (Å²) in [7, 11) is 0. The lowest BCUT2D eigenvalue weighted by Gasteiger charge is -2.09. The quantitative estimate of drug-likeness (QED) is 0.600. The molecule has 7 heteroatoms. The molecule has 0 aliphatic rings. The van der Waals surface area contributed by atoms with Crippen LogP contribution in [-0.2, 0) is 6.54 Å². The highest BCUT2D eigenvalue weighted by molar-refractivity contribution is 5.40. The number of benzene rings is 2. The number of nitrogens with one attached hydrogen (secondary N) is 2. The maximum absolute atomic E-state index is 13.2. The third kappa shape index (κ3) is 5.14. The Kier molecular flexibility index (Phi) is 5.92. The van der Waals surface area contributed by atoms with E-state index >= 15 is 0 Å². The van der Waals surface area contributed by atoms with Gasteiger partial charge in [-0.25, -0.2) is 13.8 Å². The Bertz CT molecular complexity index is 846. The molecule has 134 valence electrons. The van der Waals surface area contributed by atoms with Gasteiger partial charge >= 0.3 is 0 Å². The molecule has 2 aromatic carbocycles. The van der Waals surface area contributed by atoms with Gasteiger partial charge in [0.05, 0.1) is 6.54 Å². The van der Waals surface area contributed by atoms with E-state index in [-0.39, 0.29) is 0 Å². The van der Waals surface area contributed by atoms with Crippen molar-refractivity contribution < 1.29 is 13.5 Å². The highest BCUT2D eigenvalue weighted by atomic mass is 19.2. The van der Waals surface area contributed by atoms with Crippen LogP contribution in [0, 0.1) is 11.6 Å². The molecule has 0 radical (unpaired) electrons. The van der Waals surface area contributed by atoms with Gasteiger partial charge in [0.25, 0.3) is 0 Å². The zero-order valence-corrected chi connectivity index (χ0v) is 14.0. The summed E-state index contributed by atoms with van der Waals surface area (Å²) in [5.41, 5.74) is 0.619. The van der Waals surface area contributed by atoms with Crippen LogP contribution in [0.25, 0.3) is 0 Å². The summed E-state index contributed by atoms with van der Waals surface area (Å²) in [5.74, 6) is 0.109. The minimum absolute atomic E-state index is 0.324. The van der Waals surface area contributed by atoms with Crippen LogP contribution in [0.1, 0.15) is 5.56 Å². The van der Waals surface area contributed by atoms with Crippen molar-refractivity contribution in [1.29, 1.82) is 0 Å². The Morgan fingerprint density at radius 3 is 2.58 bits per heavy atom. The number of halogens is 2. The van der Waals surface area contributed by atoms with Gasteiger partial charge in [-0.3, -0.25) is 0 Å². The number of aromatic nitrogens is 2. The molecule has 0 spiro atoms. The minimum atomic E-state index is -0.868. The number of ether oxygens (including phenoxy) is 1. The molecule has 3 rings (SSSR count). The van der Waals surface area contributed by atoms with E-state index in [4.69, 9.17) is 4.74 Å². The van der Waals surface area contributed by atoms with E-state index < -0.39 is 11.6 Å². The summed E-state index contributed by atoms with van der Waals surface area (Å²) in [6.07, 6.45) is 1.61. The van der Waals surface area contributed by atoms with E-state index in [9.17, 15) is 8.78 Å². The van der Waals surface area contributed by atoms with Crippen molar-refractivity contribution in [1.82, 2.24) is 9.97 Å². The summed E-state index contributed by atoms with van der Waals surface area (Å²) < 4.78 is 31.7. The van der Waals surface area contributed by atoms with Crippen molar-refractivity contribution >= 4 is 11.8 Å². The fraction of sp³-hybridized carbons (Fsp3) is 0.158. The van der Waals surface area contributed by atoms with E-state index in [0.29, 0.717) is 37.0 Å². The standard InChI is InChI=1S/C19H18F2N4O/c20-16-7-6-14(12-17(16)21)13-24-18-8-9-22-19(25-18)23-10-11-26-15-4-2-1-3-5-15/h1-9,12H,10-11,13H2,(H2,22,23,24,25). The number of hydrogen-bond acceptors (Lipinski definition) is 5. The van der Waals surface area contributed by atoms with Gasteiger partial charge in [0.2, 0.25) is 5.95 Å². The molecule has 5 nitrogen and oxygen atoms in total. The van der Waals surface area contributed by atoms with Crippen molar-refractivity contribution in [2.45, 2.75) is 6.54 Å². The van der Waals surface area contributed by atoms with Gasteiger partial charge in [0, 0.05) is 12.7 Å². The van der Waals surface area contributed by atoms with Crippen LogP contribution in [0.3, 0.4) is 0 Å². The Balaban J connectivity index is 1.47.